The number of aliphatic hydroxyl groups excluding tert-OH is 2. The molecule has 0 saturated heterocycles. The molecule has 0 bridgehead atoms. The molecule has 1 aliphatic rings. The largest absolute Gasteiger partial charge is 0.481 e. The molecule has 1 aromatic heterocycles. The van der Waals surface area contributed by atoms with Crippen LogP contribution in [0.4, 0.5) is 0 Å². The summed E-state index contributed by atoms with van der Waals surface area (Å²) in [6, 6.07) is 0. The van der Waals surface area contributed by atoms with Gasteiger partial charge in [0.1, 0.15) is 0 Å². The number of nitrogens with one attached hydrogen (secondary N) is 1. The number of ether oxygens (including phenoxy) is 1. The second-order valence-corrected chi connectivity index (χ2v) is 6.38. The lowest BCUT2D eigenvalue weighted by molar-refractivity contribution is -0.177. The van der Waals surface area contributed by atoms with Gasteiger partial charge in [-0.3, -0.25) is 19.1 Å². The molecule has 0 radical (unpaired) electrons. The van der Waals surface area contributed by atoms with Crippen LogP contribution < -0.4 is 11.2 Å². The minimum atomic E-state index is -2.51. The summed E-state index contributed by atoms with van der Waals surface area (Å²) < 4.78 is 5.40. The lowest BCUT2D eigenvalue weighted by Gasteiger charge is -2.33. The summed E-state index contributed by atoms with van der Waals surface area (Å²) in [5.74, 6) is -5.43. The molecule has 5 atom stereocenters. The van der Waals surface area contributed by atoms with Crippen molar-refractivity contribution < 1.29 is 34.8 Å². The molecule has 26 heavy (non-hydrogen) atoms. The number of aliphatic carboxylic acids is 1. The third-order valence-corrected chi connectivity index (χ3v) is 4.75. The van der Waals surface area contributed by atoms with Crippen molar-refractivity contribution in [3.63, 3.8) is 0 Å². The number of carbonyl (C=O) groups is 2. The molecule has 0 aliphatic heterocycles. The molecular formula is C15H20N2O9. The Bertz CT molecular complexity index is 829. The van der Waals surface area contributed by atoms with Crippen LogP contribution in [0.1, 0.15) is 12.0 Å². The van der Waals surface area contributed by atoms with E-state index < -0.39 is 65.8 Å². The third-order valence-electron chi connectivity index (χ3n) is 4.75. The smallest absolute Gasteiger partial charge is 0.340 e. The van der Waals surface area contributed by atoms with Crippen molar-refractivity contribution >= 4 is 11.9 Å². The van der Waals surface area contributed by atoms with E-state index in [2.05, 4.69) is 4.74 Å². The third kappa shape index (κ3) is 3.28. The second kappa shape index (κ2) is 7.02. The topological polar surface area (TPSA) is 179 Å². The van der Waals surface area contributed by atoms with E-state index in [1.165, 1.54) is 6.92 Å². The zero-order valence-corrected chi connectivity index (χ0v) is 14.1. The van der Waals surface area contributed by atoms with Gasteiger partial charge in [0.05, 0.1) is 31.8 Å². The maximum atomic E-state index is 12.2. The number of carboxylic acids is 1. The Labute approximate surface area is 146 Å². The monoisotopic (exact) mass is 372 g/mol. The number of hydrogen-bond donors (Lipinski definition) is 5. The molecule has 11 heteroatoms. The van der Waals surface area contributed by atoms with Crippen molar-refractivity contribution in [3.8, 4) is 0 Å². The standard InChI is InChI=1S/C15H20N2O9/c1-6-4-17(14(24)16-11(6)20)5-15(25,13(23)26-2)8-3-7(12(21)22)9(18)10(8)19/h4,7-10,18-19,25H,3,5H2,1-2H3,(H,21,22)(H,16,20,24)/t7-,8+,9+,10-,15-/m1/s1. The Balaban J connectivity index is 2.48. The molecule has 1 saturated carbocycles. The highest BCUT2D eigenvalue weighted by molar-refractivity contribution is 5.80. The normalized spacial score (nSPS) is 27.7. The minimum Gasteiger partial charge on any atom is -0.481 e. The summed E-state index contributed by atoms with van der Waals surface area (Å²) >= 11 is 0. The van der Waals surface area contributed by atoms with E-state index in [9.17, 15) is 34.5 Å². The summed E-state index contributed by atoms with van der Waals surface area (Å²) in [7, 11) is 0.973. The number of hydrogen-bond acceptors (Lipinski definition) is 8. The molecule has 0 spiro atoms. The van der Waals surface area contributed by atoms with Crippen molar-refractivity contribution in [2.75, 3.05) is 7.11 Å². The summed E-state index contributed by atoms with van der Waals surface area (Å²) in [5, 5.41) is 40.1. The zero-order chi connectivity index (χ0) is 19.8. The number of aliphatic hydroxyl groups is 3. The second-order valence-electron chi connectivity index (χ2n) is 6.38. The van der Waals surface area contributed by atoms with Crippen LogP contribution in [-0.4, -0.2) is 66.8 Å². The molecule has 144 valence electrons. The molecule has 1 aromatic rings. The lowest BCUT2D eigenvalue weighted by atomic mass is 9.83. The number of aromatic amines is 1. The predicted octanol–water partition coefficient (Wildman–Crippen LogP) is -2.81. The van der Waals surface area contributed by atoms with Gasteiger partial charge in [-0.05, 0) is 13.3 Å². The van der Waals surface area contributed by atoms with Crippen LogP contribution in [0.15, 0.2) is 15.8 Å². The molecule has 5 N–H and O–H groups in total. The Morgan fingerprint density at radius 1 is 1.35 bits per heavy atom. The van der Waals surface area contributed by atoms with Gasteiger partial charge >= 0.3 is 17.6 Å². The van der Waals surface area contributed by atoms with E-state index in [0.717, 1.165) is 17.9 Å². The van der Waals surface area contributed by atoms with Crippen LogP contribution in [-0.2, 0) is 20.9 Å². The highest BCUT2D eigenvalue weighted by Gasteiger charge is 2.57. The highest BCUT2D eigenvalue weighted by Crippen LogP contribution is 2.40. The van der Waals surface area contributed by atoms with Gasteiger partial charge in [0.2, 0.25) is 0 Å². The van der Waals surface area contributed by atoms with Crippen molar-refractivity contribution in [2.24, 2.45) is 11.8 Å². The van der Waals surface area contributed by atoms with E-state index in [1.54, 1.807) is 0 Å². The predicted molar refractivity (Wildman–Crippen MR) is 84.3 cm³/mol. The quantitative estimate of drug-likeness (QED) is 0.341. The first kappa shape index (κ1) is 19.8. The van der Waals surface area contributed by atoms with Crippen LogP contribution in [0, 0.1) is 18.8 Å². The Morgan fingerprint density at radius 2 is 1.96 bits per heavy atom. The summed E-state index contributed by atoms with van der Waals surface area (Å²) in [6.07, 6.45) is -2.75. The van der Waals surface area contributed by atoms with Gasteiger partial charge in [-0.1, -0.05) is 0 Å². The number of rotatable bonds is 5. The number of H-pyrrole nitrogens is 1. The van der Waals surface area contributed by atoms with Gasteiger partial charge in [-0.25, -0.2) is 9.59 Å². The fraction of sp³-hybridized carbons (Fsp3) is 0.600. The zero-order valence-electron chi connectivity index (χ0n) is 14.1. The van der Waals surface area contributed by atoms with Crippen molar-refractivity contribution in [1.82, 2.24) is 9.55 Å². The molecule has 2 rings (SSSR count). The molecular weight excluding hydrogens is 352 g/mol. The molecule has 1 heterocycles. The number of carboxylic acid groups (broad SMARTS) is 1. The van der Waals surface area contributed by atoms with Gasteiger partial charge in [-0.2, -0.15) is 0 Å². The van der Waals surface area contributed by atoms with Crippen molar-refractivity contribution in [3.05, 3.63) is 32.6 Å². The number of esters is 1. The summed E-state index contributed by atoms with van der Waals surface area (Å²) in [6.45, 7) is 0.692. The number of aryl methyl sites for hydroxylation is 1. The van der Waals surface area contributed by atoms with Gasteiger partial charge in [0.15, 0.2) is 5.60 Å². The first-order valence-electron chi connectivity index (χ1n) is 7.73. The van der Waals surface area contributed by atoms with Crippen LogP contribution in [0.25, 0.3) is 0 Å². The Morgan fingerprint density at radius 3 is 2.46 bits per heavy atom. The minimum absolute atomic E-state index is 0.132. The van der Waals surface area contributed by atoms with E-state index in [1.807, 2.05) is 4.98 Å². The summed E-state index contributed by atoms with van der Waals surface area (Å²) in [4.78, 5) is 48.8. The molecule has 0 unspecified atom stereocenters. The first-order valence-corrected chi connectivity index (χ1v) is 7.73. The van der Waals surface area contributed by atoms with Crippen molar-refractivity contribution in [1.29, 1.82) is 0 Å². The molecule has 1 fully saturated rings. The van der Waals surface area contributed by atoms with E-state index in [0.29, 0.717) is 0 Å². The van der Waals surface area contributed by atoms with E-state index in [4.69, 9.17) is 5.11 Å². The van der Waals surface area contributed by atoms with Gasteiger partial charge in [0.25, 0.3) is 5.56 Å². The maximum Gasteiger partial charge on any atom is 0.340 e. The number of aromatic nitrogens is 2. The van der Waals surface area contributed by atoms with Crippen LogP contribution in [0.2, 0.25) is 0 Å². The maximum absolute atomic E-state index is 12.2. The average Bonchev–Trinajstić information content (AvgIpc) is 2.88. The average molecular weight is 372 g/mol. The van der Waals surface area contributed by atoms with Crippen LogP contribution in [0.3, 0.4) is 0 Å². The number of nitrogens with zero attached hydrogens (tertiary/aromatic N) is 1. The fourth-order valence-corrected chi connectivity index (χ4v) is 3.26. The SMILES string of the molecule is COC(=O)[C@@](O)(Cn1cc(C)c(=O)[nH]c1=O)[C@H]1C[C@@H](C(=O)O)[C@H](O)[C@@H]1O. The molecule has 0 amide bonds. The number of carbonyl (C=O) groups excluding carboxylic acids is 1. The summed E-state index contributed by atoms with van der Waals surface area (Å²) in [5.41, 5.74) is -3.93. The molecule has 11 nitrogen and oxygen atoms in total. The number of methoxy groups -OCH3 is 1. The van der Waals surface area contributed by atoms with Gasteiger partial charge < -0.3 is 25.2 Å². The molecule has 1 aliphatic carbocycles. The first-order chi connectivity index (χ1) is 12.0. The van der Waals surface area contributed by atoms with Gasteiger partial charge in [0, 0.05) is 17.7 Å². The van der Waals surface area contributed by atoms with Crippen molar-refractivity contribution in [2.45, 2.75) is 37.7 Å². The van der Waals surface area contributed by atoms with Gasteiger partial charge in [-0.15, -0.1) is 0 Å². The van der Waals surface area contributed by atoms with Crippen LogP contribution in [0.5, 0.6) is 0 Å². The Hall–Kier alpha value is -2.50. The fourth-order valence-electron chi connectivity index (χ4n) is 3.26. The lowest BCUT2D eigenvalue weighted by Crippen LogP contribution is -2.55. The van der Waals surface area contributed by atoms with E-state index in [-0.39, 0.29) is 5.56 Å². The van der Waals surface area contributed by atoms with Crippen LogP contribution >= 0.6 is 0 Å². The molecule has 0 aromatic carbocycles. The highest BCUT2D eigenvalue weighted by atomic mass is 16.5. The van der Waals surface area contributed by atoms with E-state index >= 15 is 0 Å². The Kier molecular flexibility index (Phi) is 5.35.